The van der Waals surface area contributed by atoms with Crippen molar-refractivity contribution >= 4 is 16.8 Å². The number of nitrogens with one attached hydrogen (secondary N) is 1. The van der Waals surface area contributed by atoms with Gasteiger partial charge in [0.1, 0.15) is 0 Å². The summed E-state index contributed by atoms with van der Waals surface area (Å²) in [5, 5.41) is 1.14. The number of aromatic nitrogens is 1. The quantitative estimate of drug-likeness (QED) is 0.880. The highest BCUT2D eigenvalue weighted by Crippen LogP contribution is 2.21. The molecule has 1 aliphatic rings. The van der Waals surface area contributed by atoms with Crippen molar-refractivity contribution in [2.45, 2.75) is 18.9 Å². The monoisotopic (exact) mass is 301 g/mol. The summed E-state index contributed by atoms with van der Waals surface area (Å²) in [6.07, 6.45) is 3.52. The number of fused-ring (bicyclic) bond motifs is 1. The number of methoxy groups -OCH3 is 1. The van der Waals surface area contributed by atoms with Crippen molar-refractivity contribution in [2.24, 2.45) is 11.7 Å². The van der Waals surface area contributed by atoms with Crippen molar-refractivity contribution in [2.75, 3.05) is 26.8 Å². The summed E-state index contributed by atoms with van der Waals surface area (Å²) >= 11 is 0. The number of aromatic amines is 1. The van der Waals surface area contributed by atoms with E-state index < -0.39 is 6.04 Å². The summed E-state index contributed by atoms with van der Waals surface area (Å²) in [5.74, 6) is 0.484. The third-order valence-electron chi connectivity index (χ3n) is 4.43. The Morgan fingerprint density at radius 3 is 3.14 bits per heavy atom. The molecule has 0 radical (unpaired) electrons. The number of hydrogen-bond donors (Lipinski definition) is 2. The van der Waals surface area contributed by atoms with Crippen molar-refractivity contribution in [3.8, 4) is 0 Å². The van der Waals surface area contributed by atoms with Gasteiger partial charge in [0.2, 0.25) is 5.91 Å². The fourth-order valence-corrected chi connectivity index (χ4v) is 3.26. The van der Waals surface area contributed by atoms with E-state index in [0.29, 0.717) is 18.9 Å². The Morgan fingerprint density at radius 2 is 2.32 bits per heavy atom. The van der Waals surface area contributed by atoms with Crippen molar-refractivity contribution in [1.29, 1.82) is 0 Å². The number of amides is 1. The summed E-state index contributed by atoms with van der Waals surface area (Å²) in [6, 6.07) is 7.60. The van der Waals surface area contributed by atoms with Crippen LogP contribution in [-0.2, 0) is 16.0 Å². The van der Waals surface area contributed by atoms with Crippen LogP contribution >= 0.6 is 0 Å². The SMILES string of the molecule is COCC1CCN(C(=O)[C@@H](N)Cc2c[nH]c3ccccc23)C1. The van der Waals surface area contributed by atoms with Crippen LogP contribution in [0.25, 0.3) is 10.9 Å². The Morgan fingerprint density at radius 1 is 1.50 bits per heavy atom. The molecule has 1 saturated heterocycles. The van der Waals surface area contributed by atoms with Crippen LogP contribution in [0.5, 0.6) is 0 Å². The molecule has 1 aliphatic heterocycles. The third-order valence-corrected chi connectivity index (χ3v) is 4.43. The smallest absolute Gasteiger partial charge is 0.239 e. The van der Waals surface area contributed by atoms with E-state index in [2.05, 4.69) is 11.1 Å². The summed E-state index contributed by atoms with van der Waals surface area (Å²) in [4.78, 5) is 17.6. The molecule has 2 aromatic rings. The van der Waals surface area contributed by atoms with E-state index in [4.69, 9.17) is 10.5 Å². The van der Waals surface area contributed by atoms with Gasteiger partial charge in [-0.2, -0.15) is 0 Å². The number of rotatable bonds is 5. The molecule has 0 saturated carbocycles. The van der Waals surface area contributed by atoms with Crippen LogP contribution in [0, 0.1) is 5.92 Å². The lowest BCUT2D eigenvalue weighted by atomic mass is 10.0. The van der Waals surface area contributed by atoms with Crippen LogP contribution in [0.1, 0.15) is 12.0 Å². The lowest BCUT2D eigenvalue weighted by molar-refractivity contribution is -0.131. The van der Waals surface area contributed by atoms with E-state index in [1.54, 1.807) is 7.11 Å². The summed E-state index contributed by atoms with van der Waals surface area (Å²) in [6.45, 7) is 2.25. The summed E-state index contributed by atoms with van der Waals surface area (Å²) in [7, 11) is 1.70. The van der Waals surface area contributed by atoms with E-state index in [0.717, 1.165) is 36.0 Å². The Kier molecular flexibility index (Phi) is 4.45. The van der Waals surface area contributed by atoms with Gasteiger partial charge < -0.3 is 20.4 Å². The average molecular weight is 301 g/mol. The van der Waals surface area contributed by atoms with Gasteiger partial charge in [0.15, 0.2) is 0 Å². The van der Waals surface area contributed by atoms with Gasteiger partial charge in [-0.25, -0.2) is 0 Å². The molecule has 1 aromatic heterocycles. The van der Waals surface area contributed by atoms with E-state index in [1.807, 2.05) is 29.3 Å². The number of carbonyl (C=O) groups excluding carboxylic acids is 1. The highest BCUT2D eigenvalue weighted by molar-refractivity contribution is 5.86. The van der Waals surface area contributed by atoms with Gasteiger partial charge in [-0.1, -0.05) is 18.2 Å². The van der Waals surface area contributed by atoms with Gasteiger partial charge in [-0.05, 0) is 24.5 Å². The van der Waals surface area contributed by atoms with E-state index in [-0.39, 0.29) is 5.91 Å². The van der Waals surface area contributed by atoms with Crippen LogP contribution in [0.3, 0.4) is 0 Å². The largest absolute Gasteiger partial charge is 0.384 e. The number of nitrogens with two attached hydrogens (primary N) is 1. The van der Waals surface area contributed by atoms with Crippen molar-refractivity contribution < 1.29 is 9.53 Å². The first-order valence-corrected chi connectivity index (χ1v) is 7.77. The predicted molar refractivity (Wildman–Crippen MR) is 86.5 cm³/mol. The Hall–Kier alpha value is -1.85. The van der Waals surface area contributed by atoms with Crippen LogP contribution in [0.2, 0.25) is 0 Å². The highest BCUT2D eigenvalue weighted by Gasteiger charge is 2.29. The minimum absolute atomic E-state index is 0.0453. The molecule has 3 rings (SSSR count). The zero-order valence-corrected chi connectivity index (χ0v) is 12.9. The molecule has 1 unspecified atom stereocenters. The molecule has 22 heavy (non-hydrogen) atoms. The standard InChI is InChI=1S/C17H23N3O2/c1-22-11-12-6-7-20(10-12)17(21)15(18)8-13-9-19-16-5-3-2-4-14(13)16/h2-5,9,12,15,19H,6-8,10-11,18H2,1H3/t12?,15-/m0/s1. The van der Waals surface area contributed by atoms with Crippen molar-refractivity contribution in [3.05, 3.63) is 36.0 Å². The topological polar surface area (TPSA) is 71.3 Å². The molecular weight excluding hydrogens is 278 g/mol. The number of hydrogen-bond acceptors (Lipinski definition) is 3. The minimum Gasteiger partial charge on any atom is -0.384 e. The van der Waals surface area contributed by atoms with Crippen LogP contribution < -0.4 is 5.73 Å². The van der Waals surface area contributed by atoms with Gasteiger partial charge in [0.05, 0.1) is 12.6 Å². The molecular formula is C17H23N3O2. The number of benzene rings is 1. The van der Waals surface area contributed by atoms with Gasteiger partial charge in [0.25, 0.3) is 0 Å². The third kappa shape index (κ3) is 3.00. The number of carbonyl (C=O) groups is 1. The zero-order chi connectivity index (χ0) is 15.5. The maximum atomic E-state index is 12.5. The number of para-hydroxylation sites is 1. The number of nitrogens with zero attached hydrogens (tertiary/aromatic N) is 1. The molecule has 1 amide bonds. The van der Waals surface area contributed by atoms with Gasteiger partial charge in [-0.15, -0.1) is 0 Å². The maximum absolute atomic E-state index is 12.5. The average Bonchev–Trinajstić information content (AvgIpc) is 3.15. The summed E-state index contributed by atoms with van der Waals surface area (Å²) < 4.78 is 5.17. The molecule has 0 spiro atoms. The van der Waals surface area contributed by atoms with Gasteiger partial charge in [0, 0.05) is 43.2 Å². The molecule has 2 heterocycles. The van der Waals surface area contributed by atoms with Gasteiger partial charge in [-0.3, -0.25) is 4.79 Å². The minimum atomic E-state index is -0.486. The molecule has 0 bridgehead atoms. The van der Waals surface area contributed by atoms with E-state index in [1.165, 1.54) is 0 Å². The maximum Gasteiger partial charge on any atom is 0.239 e. The number of likely N-dealkylation sites (tertiary alicyclic amines) is 1. The van der Waals surface area contributed by atoms with Crippen molar-refractivity contribution in [3.63, 3.8) is 0 Å². The molecule has 2 atom stereocenters. The van der Waals surface area contributed by atoms with E-state index >= 15 is 0 Å². The number of ether oxygens (including phenoxy) is 1. The van der Waals surface area contributed by atoms with Crippen molar-refractivity contribution in [1.82, 2.24) is 9.88 Å². The highest BCUT2D eigenvalue weighted by atomic mass is 16.5. The second-order valence-corrected chi connectivity index (χ2v) is 6.06. The second kappa shape index (κ2) is 6.50. The first kappa shape index (κ1) is 15.1. The molecule has 118 valence electrons. The number of H-pyrrole nitrogens is 1. The van der Waals surface area contributed by atoms with Crippen LogP contribution in [0.15, 0.2) is 30.5 Å². The van der Waals surface area contributed by atoms with Crippen LogP contribution in [0.4, 0.5) is 0 Å². The normalized spacial score (nSPS) is 19.7. The van der Waals surface area contributed by atoms with Gasteiger partial charge >= 0.3 is 0 Å². The Labute approximate surface area is 130 Å². The first-order valence-electron chi connectivity index (χ1n) is 7.77. The van der Waals surface area contributed by atoms with E-state index in [9.17, 15) is 4.79 Å². The molecule has 1 fully saturated rings. The molecule has 3 N–H and O–H groups in total. The fourth-order valence-electron chi connectivity index (χ4n) is 3.26. The summed E-state index contributed by atoms with van der Waals surface area (Å²) in [5.41, 5.74) is 8.35. The lowest BCUT2D eigenvalue weighted by Crippen LogP contribution is -2.44. The first-order chi connectivity index (χ1) is 10.7. The Bertz CT molecular complexity index is 652. The molecule has 0 aliphatic carbocycles. The predicted octanol–water partition coefficient (Wildman–Crippen LogP) is 1.53. The Balaban J connectivity index is 1.64. The second-order valence-electron chi connectivity index (χ2n) is 6.06. The van der Waals surface area contributed by atoms with Crippen LogP contribution in [-0.4, -0.2) is 48.6 Å². The fraction of sp³-hybridized carbons (Fsp3) is 0.471. The molecule has 5 heteroatoms. The zero-order valence-electron chi connectivity index (χ0n) is 12.9. The lowest BCUT2D eigenvalue weighted by Gasteiger charge is -2.20. The molecule has 5 nitrogen and oxygen atoms in total. The molecule has 1 aromatic carbocycles.